The predicted octanol–water partition coefficient (Wildman–Crippen LogP) is -0.890. The summed E-state index contributed by atoms with van der Waals surface area (Å²) < 4.78 is 0. The van der Waals surface area contributed by atoms with Gasteiger partial charge in [-0.15, -0.1) is 0 Å². The number of phenols is 2. The van der Waals surface area contributed by atoms with E-state index >= 15 is 0 Å². The second kappa shape index (κ2) is 5.71. The SMILES string of the molecule is NC(=O)CN(CC(=O)O)C(=O)c1cc(O)cc(O)c1. The smallest absolute Gasteiger partial charge is 0.323 e. The zero-order chi connectivity index (χ0) is 14.6. The topological polar surface area (TPSA) is 141 Å². The second-order valence-electron chi connectivity index (χ2n) is 3.76. The van der Waals surface area contributed by atoms with E-state index < -0.39 is 30.9 Å². The quantitative estimate of drug-likeness (QED) is 0.545. The molecular weight excluding hydrogens is 256 g/mol. The van der Waals surface area contributed by atoms with Crippen LogP contribution in [0.3, 0.4) is 0 Å². The average Bonchev–Trinajstić information content (AvgIpc) is 2.24. The Morgan fingerprint density at radius 1 is 1.05 bits per heavy atom. The van der Waals surface area contributed by atoms with Crippen LogP contribution in [-0.4, -0.2) is 51.1 Å². The van der Waals surface area contributed by atoms with Crippen molar-refractivity contribution in [2.45, 2.75) is 0 Å². The predicted molar refractivity (Wildman–Crippen MR) is 62.5 cm³/mol. The summed E-state index contributed by atoms with van der Waals surface area (Å²) >= 11 is 0. The molecule has 2 amide bonds. The minimum Gasteiger partial charge on any atom is -0.508 e. The van der Waals surface area contributed by atoms with Gasteiger partial charge in [-0.1, -0.05) is 0 Å². The Labute approximate surface area is 107 Å². The first kappa shape index (κ1) is 14.3. The average molecular weight is 268 g/mol. The van der Waals surface area contributed by atoms with E-state index in [2.05, 4.69) is 0 Å². The Bertz CT molecular complexity index is 492. The van der Waals surface area contributed by atoms with Gasteiger partial charge >= 0.3 is 5.97 Å². The summed E-state index contributed by atoms with van der Waals surface area (Å²) in [6.07, 6.45) is 0. The highest BCUT2D eigenvalue weighted by molar-refractivity contribution is 5.98. The molecule has 0 atom stereocenters. The van der Waals surface area contributed by atoms with E-state index in [9.17, 15) is 24.6 Å². The number of carboxylic acids is 1. The lowest BCUT2D eigenvalue weighted by Gasteiger charge is -2.19. The molecule has 0 bridgehead atoms. The fourth-order valence-corrected chi connectivity index (χ4v) is 1.45. The van der Waals surface area contributed by atoms with Gasteiger partial charge in [0.2, 0.25) is 5.91 Å². The summed E-state index contributed by atoms with van der Waals surface area (Å²) in [4.78, 5) is 34.1. The monoisotopic (exact) mass is 268 g/mol. The Kier molecular flexibility index (Phi) is 4.30. The molecule has 0 unspecified atom stereocenters. The number of primary amides is 1. The maximum atomic E-state index is 12.0. The van der Waals surface area contributed by atoms with Crippen molar-refractivity contribution in [3.05, 3.63) is 23.8 Å². The number of amides is 2. The highest BCUT2D eigenvalue weighted by Crippen LogP contribution is 2.21. The molecule has 8 nitrogen and oxygen atoms in total. The van der Waals surface area contributed by atoms with Crippen LogP contribution in [0.15, 0.2) is 18.2 Å². The van der Waals surface area contributed by atoms with Crippen molar-refractivity contribution in [1.29, 1.82) is 0 Å². The molecule has 0 aliphatic rings. The molecule has 0 aliphatic heterocycles. The van der Waals surface area contributed by atoms with E-state index in [4.69, 9.17) is 10.8 Å². The molecule has 1 aromatic carbocycles. The molecule has 0 heterocycles. The summed E-state index contributed by atoms with van der Waals surface area (Å²) in [6.45, 7) is -1.31. The third-order valence-corrected chi connectivity index (χ3v) is 2.11. The number of rotatable bonds is 5. The van der Waals surface area contributed by atoms with E-state index in [1.54, 1.807) is 0 Å². The van der Waals surface area contributed by atoms with Gasteiger partial charge in [0.05, 0.1) is 0 Å². The molecule has 0 spiro atoms. The lowest BCUT2D eigenvalue weighted by atomic mass is 10.1. The van der Waals surface area contributed by atoms with E-state index in [1.807, 2.05) is 0 Å². The number of nitrogens with two attached hydrogens (primary N) is 1. The first-order valence-corrected chi connectivity index (χ1v) is 5.12. The van der Waals surface area contributed by atoms with Gasteiger partial charge in [0, 0.05) is 11.6 Å². The van der Waals surface area contributed by atoms with Crippen LogP contribution >= 0.6 is 0 Å². The zero-order valence-corrected chi connectivity index (χ0v) is 9.74. The molecule has 1 rings (SSSR count). The fourth-order valence-electron chi connectivity index (χ4n) is 1.45. The van der Waals surface area contributed by atoms with Gasteiger partial charge in [0.25, 0.3) is 5.91 Å². The number of hydrogen-bond donors (Lipinski definition) is 4. The Morgan fingerprint density at radius 2 is 1.58 bits per heavy atom. The molecule has 0 fully saturated rings. The van der Waals surface area contributed by atoms with Crippen LogP contribution in [0.5, 0.6) is 11.5 Å². The number of carboxylic acid groups (broad SMARTS) is 1. The maximum absolute atomic E-state index is 12.0. The molecule has 0 radical (unpaired) electrons. The molecule has 0 aliphatic carbocycles. The molecular formula is C11H12N2O6. The summed E-state index contributed by atoms with van der Waals surface area (Å²) in [5.74, 6) is -3.76. The van der Waals surface area contributed by atoms with Crippen molar-refractivity contribution in [1.82, 2.24) is 4.90 Å². The molecule has 102 valence electrons. The zero-order valence-electron chi connectivity index (χ0n) is 9.74. The van der Waals surface area contributed by atoms with E-state index in [0.717, 1.165) is 18.2 Å². The minimum absolute atomic E-state index is 0.153. The molecule has 0 saturated carbocycles. The summed E-state index contributed by atoms with van der Waals surface area (Å²) in [5.41, 5.74) is 4.77. The number of aliphatic carboxylic acids is 1. The highest BCUT2D eigenvalue weighted by Gasteiger charge is 2.21. The number of benzene rings is 1. The molecule has 1 aromatic rings. The van der Waals surface area contributed by atoms with Crippen LogP contribution in [0.25, 0.3) is 0 Å². The van der Waals surface area contributed by atoms with E-state index in [1.165, 1.54) is 0 Å². The first-order chi connectivity index (χ1) is 8.79. The van der Waals surface area contributed by atoms with Gasteiger partial charge in [-0.2, -0.15) is 0 Å². The lowest BCUT2D eigenvalue weighted by Crippen LogP contribution is -2.41. The van der Waals surface area contributed by atoms with Crippen LogP contribution in [0, 0.1) is 0 Å². The molecule has 0 saturated heterocycles. The van der Waals surface area contributed by atoms with Gasteiger partial charge in [-0.25, -0.2) is 0 Å². The maximum Gasteiger partial charge on any atom is 0.323 e. The van der Waals surface area contributed by atoms with Crippen molar-refractivity contribution in [2.75, 3.05) is 13.1 Å². The Balaban J connectivity index is 3.03. The number of carbonyl (C=O) groups is 3. The van der Waals surface area contributed by atoms with Crippen molar-refractivity contribution >= 4 is 17.8 Å². The van der Waals surface area contributed by atoms with Crippen LogP contribution in [-0.2, 0) is 9.59 Å². The number of nitrogens with zero attached hydrogens (tertiary/aromatic N) is 1. The summed E-state index contributed by atoms with van der Waals surface area (Å²) in [7, 11) is 0. The number of hydrogen-bond acceptors (Lipinski definition) is 5. The number of phenolic OH excluding ortho intramolecular Hbond substituents is 2. The molecule has 5 N–H and O–H groups in total. The second-order valence-corrected chi connectivity index (χ2v) is 3.76. The Hall–Kier alpha value is -2.77. The van der Waals surface area contributed by atoms with Gasteiger partial charge in [-0.3, -0.25) is 14.4 Å². The van der Waals surface area contributed by atoms with Crippen LogP contribution in [0.2, 0.25) is 0 Å². The van der Waals surface area contributed by atoms with Gasteiger partial charge in [0.1, 0.15) is 24.6 Å². The first-order valence-electron chi connectivity index (χ1n) is 5.12. The van der Waals surface area contributed by atoms with Gasteiger partial charge in [0.15, 0.2) is 0 Å². The molecule has 8 heteroatoms. The van der Waals surface area contributed by atoms with Gasteiger partial charge in [-0.05, 0) is 12.1 Å². The van der Waals surface area contributed by atoms with Crippen molar-refractivity contribution in [3.8, 4) is 11.5 Å². The summed E-state index contributed by atoms with van der Waals surface area (Å²) in [5, 5.41) is 27.2. The van der Waals surface area contributed by atoms with Gasteiger partial charge < -0.3 is 26.0 Å². The molecule has 19 heavy (non-hydrogen) atoms. The summed E-state index contributed by atoms with van der Waals surface area (Å²) in [6, 6.07) is 3.09. The van der Waals surface area contributed by atoms with Crippen molar-refractivity contribution in [3.63, 3.8) is 0 Å². The largest absolute Gasteiger partial charge is 0.508 e. The number of carbonyl (C=O) groups excluding carboxylic acids is 2. The standard InChI is InChI=1S/C11H12N2O6/c12-9(16)4-13(5-10(17)18)11(19)6-1-7(14)3-8(15)2-6/h1-3,14-15H,4-5H2,(H2,12,16)(H,17,18). The normalized spacial score (nSPS) is 9.89. The minimum atomic E-state index is -1.32. The van der Waals surface area contributed by atoms with Crippen molar-refractivity contribution in [2.24, 2.45) is 5.73 Å². The van der Waals surface area contributed by atoms with E-state index in [0.29, 0.717) is 4.90 Å². The van der Waals surface area contributed by atoms with Crippen LogP contribution < -0.4 is 5.73 Å². The molecule has 0 aromatic heterocycles. The van der Waals surface area contributed by atoms with E-state index in [-0.39, 0.29) is 17.1 Å². The number of aromatic hydroxyl groups is 2. The van der Waals surface area contributed by atoms with Crippen LogP contribution in [0.1, 0.15) is 10.4 Å². The fraction of sp³-hybridized carbons (Fsp3) is 0.182. The van der Waals surface area contributed by atoms with Crippen LogP contribution in [0.4, 0.5) is 0 Å². The van der Waals surface area contributed by atoms with Crippen molar-refractivity contribution < 1.29 is 29.7 Å². The lowest BCUT2D eigenvalue weighted by molar-refractivity contribution is -0.138. The third kappa shape index (κ3) is 4.19. The Morgan fingerprint density at radius 3 is 2.00 bits per heavy atom. The highest BCUT2D eigenvalue weighted by atomic mass is 16.4. The third-order valence-electron chi connectivity index (χ3n) is 2.11.